The zero-order chi connectivity index (χ0) is 41.4. The van der Waals surface area contributed by atoms with E-state index in [4.69, 9.17) is 19.4 Å². The second kappa shape index (κ2) is 14.0. The molecular formula is C57H35N5O. The maximum absolute atomic E-state index is 6.22. The van der Waals surface area contributed by atoms with Crippen LogP contribution in [0, 0.1) is 0 Å². The number of rotatable bonds is 6. The smallest absolute Gasteiger partial charge is 0.238 e. The van der Waals surface area contributed by atoms with Crippen LogP contribution in [0.5, 0.6) is 0 Å². The Hall–Kier alpha value is -8.61. The Labute approximate surface area is 361 Å². The topological polar surface area (TPSA) is 61.7 Å². The maximum atomic E-state index is 6.22. The molecule has 294 valence electrons. The Morgan fingerprint density at radius 3 is 1.51 bits per heavy atom. The summed E-state index contributed by atoms with van der Waals surface area (Å²) in [6.07, 6.45) is 0. The molecule has 0 amide bonds. The molecule has 0 aliphatic heterocycles. The Morgan fingerprint density at radius 1 is 0.302 bits per heavy atom. The van der Waals surface area contributed by atoms with E-state index in [1.54, 1.807) is 0 Å². The highest BCUT2D eigenvalue weighted by Gasteiger charge is 2.24. The van der Waals surface area contributed by atoms with Gasteiger partial charge in [-0.2, -0.15) is 9.97 Å². The second-order valence-corrected chi connectivity index (χ2v) is 16.0. The molecule has 0 bridgehead atoms. The van der Waals surface area contributed by atoms with E-state index in [2.05, 4.69) is 173 Å². The highest BCUT2D eigenvalue weighted by Crippen LogP contribution is 2.42. The van der Waals surface area contributed by atoms with Crippen LogP contribution in [0.2, 0.25) is 0 Å². The molecule has 0 fully saturated rings. The lowest BCUT2D eigenvalue weighted by atomic mass is 9.99. The summed E-state index contributed by atoms with van der Waals surface area (Å²) in [6.45, 7) is 0. The summed E-state index contributed by atoms with van der Waals surface area (Å²) in [6, 6.07) is 74.6. The van der Waals surface area contributed by atoms with Crippen molar-refractivity contribution in [3.8, 4) is 56.7 Å². The standard InChI is InChI=1S/C57H35N5O/c1-3-14-36(15-4-1)39-18-13-19-40(34-39)37-26-29-42(30-27-37)61-49-23-10-7-20-43(49)46-31-32-47-44-21-8-11-24-50(44)62(54(47)53(46)61)57-59-55(38-16-5-2-6-17-38)58-56(60-57)41-28-33-52-48(35-41)45-22-9-12-25-51(45)63-52/h1-35H. The van der Waals surface area contributed by atoms with E-state index in [1.807, 2.05) is 48.5 Å². The van der Waals surface area contributed by atoms with Gasteiger partial charge in [-0.25, -0.2) is 4.98 Å². The van der Waals surface area contributed by atoms with E-state index in [1.165, 1.54) is 22.1 Å². The fourth-order valence-electron chi connectivity index (χ4n) is 9.46. The average molecular weight is 806 g/mol. The number of nitrogens with zero attached hydrogens (tertiary/aromatic N) is 5. The summed E-state index contributed by atoms with van der Waals surface area (Å²) >= 11 is 0. The van der Waals surface area contributed by atoms with Crippen LogP contribution in [0.15, 0.2) is 217 Å². The minimum atomic E-state index is 0.542. The van der Waals surface area contributed by atoms with E-state index < -0.39 is 0 Å². The van der Waals surface area contributed by atoms with Gasteiger partial charge in [-0.05, 0) is 76.9 Å². The lowest BCUT2D eigenvalue weighted by Gasteiger charge is -2.14. The van der Waals surface area contributed by atoms with Gasteiger partial charge in [0.2, 0.25) is 5.95 Å². The molecule has 6 nitrogen and oxygen atoms in total. The molecule has 9 aromatic carbocycles. The molecule has 0 spiro atoms. The van der Waals surface area contributed by atoms with Gasteiger partial charge in [0.15, 0.2) is 11.6 Å². The molecule has 0 radical (unpaired) electrons. The lowest BCUT2D eigenvalue weighted by Crippen LogP contribution is -2.07. The Balaban J connectivity index is 1.06. The monoisotopic (exact) mass is 805 g/mol. The first kappa shape index (κ1) is 35.2. The summed E-state index contributed by atoms with van der Waals surface area (Å²) in [5.41, 5.74) is 13.5. The number of para-hydroxylation sites is 3. The molecule has 13 aromatic rings. The van der Waals surface area contributed by atoms with Crippen LogP contribution < -0.4 is 0 Å². The summed E-state index contributed by atoms with van der Waals surface area (Å²) in [4.78, 5) is 15.9. The van der Waals surface area contributed by atoms with Gasteiger partial charge in [0.1, 0.15) is 11.2 Å². The van der Waals surface area contributed by atoms with Crippen molar-refractivity contribution in [3.05, 3.63) is 212 Å². The van der Waals surface area contributed by atoms with Gasteiger partial charge < -0.3 is 8.98 Å². The summed E-state index contributed by atoms with van der Waals surface area (Å²) < 4.78 is 10.9. The largest absolute Gasteiger partial charge is 0.456 e. The molecule has 4 aromatic heterocycles. The lowest BCUT2D eigenvalue weighted by molar-refractivity contribution is 0.669. The minimum absolute atomic E-state index is 0.542. The number of furan rings is 1. The summed E-state index contributed by atoms with van der Waals surface area (Å²) in [7, 11) is 0. The highest BCUT2D eigenvalue weighted by molar-refractivity contribution is 6.23. The van der Waals surface area contributed by atoms with Crippen LogP contribution in [-0.4, -0.2) is 24.1 Å². The van der Waals surface area contributed by atoms with Crippen LogP contribution >= 0.6 is 0 Å². The van der Waals surface area contributed by atoms with E-state index in [-0.39, 0.29) is 0 Å². The Kier molecular flexibility index (Phi) is 7.80. The molecule has 0 saturated heterocycles. The van der Waals surface area contributed by atoms with E-state index in [0.29, 0.717) is 17.6 Å². The second-order valence-electron chi connectivity index (χ2n) is 16.0. The zero-order valence-corrected chi connectivity index (χ0v) is 33.9. The molecular weight excluding hydrogens is 771 g/mol. The predicted octanol–water partition coefficient (Wildman–Crippen LogP) is 14.6. The fraction of sp³-hybridized carbons (Fsp3) is 0. The maximum Gasteiger partial charge on any atom is 0.238 e. The van der Waals surface area contributed by atoms with Gasteiger partial charge in [0.25, 0.3) is 0 Å². The zero-order valence-electron chi connectivity index (χ0n) is 33.9. The first-order valence-electron chi connectivity index (χ1n) is 21.2. The molecule has 0 atom stereocenters. The van der Waals surface area contributed by atoms with Gasteiger partial charge in [-0.3, -0.25) is 4.57 Å². The molecule has 4 heterocycles. The number of benzene rings is 9. The van der Waals surface area contributed by atoms with Crippen molar-refractivity contribution in [3.63, 3.8) is 0 Å². The van der Waals surface area contributed by atoms with Gasteiger partial charge in [0.05, 0.1) is 22.1 Å². The molecule has 13 rings (SSSR count). The predicted molar refractivity (Wildman–Crippen MR) is 258 cm³/mol. The number of fused-ring (bicyclic) bond motifs is 10. The molecule has 0 N–H and O–H groups in total. The number of hydrogen-bond donors (Lipinski definition) is 0. The normalized spacial score (nSPS) is 11.8. The number of aromatic nitrogens is 5. The molecule has 6 heteroatoms. The van der Waals surface area contributed by atoms with Crippen LogP contribution in [-0.2, 0) is 0 Å². The van der Waals surface area contributed by atoms with E-state index in [9.17, 15) is 0 Å². The summed E-state index contributed by atoms with van der Waals surface area (Å²) in [5, 5.41) is 6.63. The fourth-order valence-corrected chi connectivity index (χ4v) is 9.46. The van der Waals surface area contributed by atoms with Crippen molar-refractivity contribution >= 4 is 65.6 Å². The third-order valence-electron chi connectivity index (χ3n) is 12.4. The van der Waals surface area contributed by atoms with Crippen molar-refractivity contribution in [1.82, 2.24) is 24.1 Å². The molecule has 0 aliphatic carbocycles. The highest BCUT2D eigenvalue weighted by atomic mass is 16.3. The van der Waals surface area contributed by atoms with Crippen molar-refractivity contribution in [1.29, 1.82) is 0 Å². The Bertz CT molecular complexity index is 3900. The number of hydrogen-bond acceptors (Lipinski definition) is 4. The first-order chi connectivity index (χ1) is 31.2. The quantitative estimate of drug-likeness (QED) is 0.168. The summed E-state index contributed by atoms with van der Waals surface area (Å²) in [5.74, 6) is 1.72. The third kappa shape index (κ3) is 5.62. The van der Waals surface area contributed by atoms with E-state index in [0.717, 1.165) is 82.5 Å². The van der Waals surface area contributed by atoms with Crippen LogP contribution in [0.25, 0.3) is 122 Å². The van der Waals surface area contributed by atoms with Gasteiger partial charge in [-0.1, -0.05) is 158 Å². The molecule has 0 aliphatic rings. The minimum Gasteiger partial charge on any atom is -0.456 e. The van der Waals surface area contributed by atoms with Gasteiger partial charge in [0, 0.05) is 49.1 Å². The van der Waals surface area contributed by atoms with Crippen molar-refractivity contribution < 1.29 is 4.42 Å². The van der Waals surface area contributed by atoms with Crippen LogP contribution in [0.4, 0.5) is 0 Å². The SMILES string of the molecule is c1ccc(-c2cccc(-c3ccc(-n4c5ccccc5c5ccc6c7ccccc7n(-c7nc(-c8ccccc8)nc(-c8ccc9oc%10ccccc%10c9c8)n7)c6c54)cc3)c2)cc1. The van der Waals surface area contributed by atoms with Gasteiger partial charge in [-0.15, -0.1) is 0 Å². The average Bonchev–Trinajstić information content (AvgIpc) is 4.02. The van der Waals surface area contributed by atoms with Gasteiger partial charge >= 0.3 is 0 Å². The molecule has 0 saturated carbocycles. The van der Waals surface area contributed by atoms with Crippen LogP contribution in [0.3, 0.4) is 0 Å². The molecule has 63 heavy (non-hydrogen) atoms. The van der Waals surface area contributed by atoms with Crippen molar-refractivity contribution in [2.45, 2.75) is 0 Å². The van der Waals surface area contributed by atoms with Crippen LogP contribution in [0.1, 0.15) is 0 Å². The van der Waals surface area contributed by atoms with E-state index >= 15 is 0 Å². The molecule has 0 unspecified atom stereocenters. The first-order valence-corrected chi connectivity index (χ1v) is 21.2. The van der Waals surface area contributed by atoms with Crippen molar-refractivity contribution in [2.24, 2.45) is 0 Å². The van der Waals surface area contributed by atoms with Crippen molar-refractivity contribution in [2.75, 3.05) is 0 Å². The Morgan fingerprint density at radius 2 is 0.810 bits per heavy atom. The third-order valence-corrected chi connectivity index (χ3v) is 12.4.